The summed E-state index contributed by atoms with van der Waals surface area (Å²) in [5.74, 6) is 1.22. The van der Waals surface area contributed by atoms with Crippen molar-refractivity contribution in [1.82, 2.24) is 19.9 Å². The van der Waals surface area contributed by atoms with E-state index in [0.717, 1.165) is 64.4 Å². The van der Waals surface area contributed by atoms with Crippen molar-refractivity contribution in [2.75, 3.05) is 19.3 Å². The molecule has 2 aromatic carbocycles. The van der Waals surface area contributed by atoms with Crippen LogP contribution in [-0.2, 0) is 0 Å². The third kappa shape index (κ3) is 4.54. The lowest BCUT2D eigenvalue weighted by Gasteiger charge is -2.32. The van der Waals surface area contributed by atoms with Crippen molar-refractivity contribution < 1.29 is 4.79 Å². The monoisotopic (exact) mass is 481 g/mol. The maximum atomic E-state index is 13.5. The second kappa shape index (κ2) is 9.55. The smallest absolute Gasteiger partial charge is 0.254 e. The number of aryl methyl sites for hydroxylation is 2. The van der Waals surface area contributed by atoms with E-state index in [4.69, 9.17) is 10.2 Å². The average molecular weight is 482 g/mol. The Bertz CT molecular complexity index is 1440. The lowest BCUT2D eigenvalue weighted by molar-refractivity contribution is 0.0712. The molecule has 0 unspecified atom stereocenters. The molecular formula is C28H27N5OS. The molecule has 1 amide bonds. The van der Waals surface area contributed by atoms with Crippen LogP contribution in [0.2, 0.25) is 0 Å². The van der Waals surface area contributed by atoms with Crippen molar-refractivity contribution >= 4 is 28.8 Å². The minimum atomic E-state index is 0.0703. The van der Waals surface area contributed by atoms with Crippen LogP contribution in [0, 0.1) is 25.2 Å². The van der Waals surface area contributed by atoms with Gasteiger partial charge in [0.15, 0.2) is 5.65 Å². The molecule has 4 aromatic rings. The molecular weight excluding hydrogens is 454 g/mol. The van der Waals surface area contributed by atoms with Crippen LogP contribution >= 0.6 is 11.8 Å². The zero-order valence-electron chi connectivity index (χ0n) is 20.1. The van der Waals surface area contributed by atoms with E-state index in [1.807, 2.05) is 61.5 Å². The number of carbonyl (C=O) groups excluding carboxylic acids is 1. The highest BCUT2D eigenvalue weighted by Crippen LogP contribution is 2.31. The molecule has 1 N–H and O–H groups in total. The highest BCUT2D eigenvalue weighted by Gasteiger charge is 2.26. The molecule has 3 heterocycles. The summed E-state index contributed by atoms with van der Waals surface area (Å²) in [6.45, 7) is 5.49. The van der Waals surface area contributed by atoms with Gasteiger partial charge in [-0.2, -0.15) is 5.26 Å². The normalized spacial score (nSPS) is 14.3. The Morgan fingerprint density at radius 2 is 1.86 bits per heavy atom. The number of nitrogens with one attached hydrogen (secondary N) is 1. The molecule has 7 heteroatoms. The van der Waals surface area contributed by atoms with Crippen LogP contribution in [0.4, 0.5) is 0 Å². The van der Waals surface area contributed by atoms with E-state index in [2.05, 4.69) is 28.2 Å². The number of thioether (sulfide) groups is 1. The van der Waals surface area contributed by atoms with Gasteiger partial charge in [0.1, 0.15) is 5.82 Å². The molecule has 1 aliphatic heterocycles. The lowest BCUT2D eigenvalue weighted by atomic mass is 9.88. The first-order valence-corrected chi connectivity index (χ1v) is 13.0. The van der Waals surface area contributed by atoms with Crippen LogP contribution < -0.4 is 0 Å². The van der Waals surface area contributed by atoms with Crippen molar-refractivity contribution in [3.63, 3.8) is 0 Å². The first kappa shape index (κ1) is 23.1. The Morgan fingerprint density at radius 1 is 1.11 bits per heavy atom. The van der Waals surface area contributed by atoms with E-state index in [1.54, 1.807) is 11.8 Å². The molecule has 1 saturated heterocycles. The molecule has 1 aliphatic rings. The van der Waals surface area contributed by atoms with Crippen LogP contribution in [0.5, 0.6) is 0 Å². The number of aromatic nitrogens is 3. The largest absolute Gasteiger partial charge is 0.339 e. The summed E-state index contributed by atoms with van der Waals surface area (Å²) in [5.41, 5.74) is 7.19. The predicted octanol–water partition coefficient (Wildman–Crippen LogP) is 5.86. The number of likely N-dealkylation sites (tertiary alicyclic amines) is 1. The summed E-state index contributed by atoms with van der Waals surface area (Å²) in [6, 6.07) is 16.1. The Kier molecular flexibility index (Phi) is 6.31. The van der Waals surface area contributed by atoms with Gasteiger partial charge in [0.05, 0.1) is 17.1 Å². The summed E-state index contributed by atoms with van der Waals surface area (Å²) >= 11 is 1.64. The lowest BCUT2D eigenvalue weighted by Crippen LogP contribution is -2.38. The van der Waals surface area contributed by atoms with Gasteiger partial charge in [0, 0.05) is 35.3 Å². The number of amides is 1. The second-order valence-electron chi connectivity index (χ2n) is 9.11. The molecule has 35 heavy (non-hydrogen) atoms. The Morgan fingerprint density at radius 3 is 2.54 bits per heavy atom. The third-order valence-corrected chi connectivity index (χ3v) is 7.59. The van der Waals surface area contributed by atoms with Gasteiger partial charge in [0.25, 0.3) is 5.91 Å². The van der Waals surface area contributed by atoms with E-state index >= 15 is 0 Å². The van der Waals surface area contributed by atoms with Gasteiger partial charge in [-0.05, 0) is 79.8 Å². The Hall–Kier alpha value is -3.63. The molecule has 0 atom stereocenters. The number of imidazole rings is 1. The highest BCUT2D eigenvalue weighted by molar-refractivity contribution is 7.98. The number of hydrogen-bond acceptors (Lipinski definition) is 5. The van der Waals surface area contributed by atoms with E-state index in [9.17, 15) is 4.79 Å². The first-order chi connectivity index (χ1) is 17.0. The van der Waals surface area contributed by atoms with Crippen LogP contribution in [0.15, 0.2) is 53.6 Å². The van der Waals surface area contributed by atoms with E-state index in [1.165, 1.54) is 5.56 Å². The topological polar surface area (TPSA) is 85.7 Å². The number of H-pyrrole nitrogens is 1. The summed E-state index contributed by atoms with van der Waals surface area (Å²) in [4.78, 5) is 29.1. The number of carbonyl (C=O) groups is 1. The zero-order chi connectivity index (χ0) is 24.5. The SMILES string of the molecule is CSc1cnc2nc(-c3cc(C(=O)N4CCC(c5ccc(C#N)cc5)CC4)c(C)cc3C)[nH]c2c1. The molecule has 176 valence electrons. The second-order valence-corrected chi connectivity index (χ2v) is 9.99. The fourth-order valence-electron chi connectivity index (χ4n) is 4.87. The summed E-state index contributed by atoms with van der Waals surface area (Å²) in [6.07, 6.45) is 5.69. The molecule has 1 fully saturated rings. The van der Waals surface area contributed by atoms with Gasteiger partial charge < -0.3 is 9.88 Å². The third-order valence-electron chi connectivity index (χ3n) is 6.90. The van der Waals surface area contributed by atoms with E-state index < -0.39 is 0 Å². The van der Waals surface area contributed by atoms with E-state index in [-0.39, 0.29) is 5.91 Å². The van der Waals surface area contributed by atoms with Gasteiger partial charge in [-0.3, -0.25) is 4.79 Å². The van der Waals surface area contributed by atoms with Gasteiger partial charge in [-0.1, -0.05) is 18.2 Å². The molecule has 6 nitrogen and oxygen atoms in total. The summed E-state index contributed by atoms with van der Waals surface area (Å²) in [5, 5.41) is 9.03. The van der Waals surface area contributed by atoms with E-state index in [0.29, 0.717) is 17.1 Å². The fourth-order valence-corrected chi connectivity index (χ4v) is 5.27. The zero-order valence-corrected chi connectivity index (χ0v) is 20.9. The molecule has 0 aliphatic carbocycles. The first-order valence-electron chi connectivity index (χ1n) is 11.8. The number of aromatic amines is 1. The van der Waals surface area contributed by atoms with Crippen molar-refractivity contribution in [1.29, 1.82) is 5.26 Å². The molecule has 0 radical (unpaired) electrons. The number of nitrogens with zero attached hydrogens (tertiary/aromatic N) is 4. The number of benzene rings is 2. The van der Waals surface area contributed by atoms with Gasteiger partial charge >= 0.3 is 0 Å². The molecule has 0 bridgehead atoms. The number of nitriles is 1. The fraction of sp³-hybridized carbons (Fsp3) is 0.286. The standard InChI is InChI=1S/C28H27N5OS/c1-17-12-18(2)24(14-23(17)26-31-25-13-22(35-3)16-30-27(25)32-26)28(34)33-10-8-21(9-11-33)20-6-4-19(15-29)5-7-20/h4-7,12-14,16,21H,8-11H2,1-3H3,(H,30,31,32). The maximum absolute atomic E-state index is 13.5. The van der Waals surface area contributed by atoms with Crippen molar-refractivity contribution in [2.24, 2.45) is 0 Å². The minimum absolute atomic E-state index is 0.0703. The molecule has 2 aromatic heterocycles. The van der Waals surface area contributed by atoms with Gasteiger partial charge in [-0.25, -0.2) is 9.97 Å². The predicted molar refractivity (Wildman–Crippen MR) is 140 cm³/mol. The average Bonchev–Trinajstić information content (AvgIpc) is 3.31. The van der Waals surface area contributed by atoms with Crippen LogP contribution in [0.1, 0.15) is 51.4 Å². The van der Waals surface area contributed by atoms with Crippen LogP contribution in [-0.4, -0.2) is 45.1 Å². The van der Waals surface area contributed by atoms with Crippen molar-refractivity contribution in [3.8, 4) is 17.5 Å². The quantitative estimate of drug-likeness (QED) is 0.369. The summed E-state index contributed by atoms with van der Waals surface area (Å²) < 4.78 is 0. The molecule has 0 saturated carbocycles. The number of hydrogen-bond donors (Lipinski definition) is 1. The number of pyridine rings is 1. The Balaban J connectivity index is 1.37. The maximum Gasteiger partial charge on any atom is 0.254 e. The summed E-state index contributed by atoms with van der Waals surface area (Å²) in [7, 11) is 0. The molecule has 5 rings (SSSR count). The van der Waals surface area contributed by atoms with Crippen molar-refractivity contribution in [2.45, 2.75) is 37.5 Å². The van der Waals surface area contributed by atoms with Crippen LogP contribution in [0.3, 0.4) is 0 Å². The number of fused-ring (bicyclic) bond motifs is 1. The van der Waals surface area contributed by atoms with Gasteiger partial charge in [-0.15, -0.1) is 11.8 Å². The highest BCUT2D eigenvalue weighted by atomic mass is 32.2. The molecule has 0 spiro atoms. The Labute approximate surface area is 209 Å². The van der Waals surface area contributed by atoms with Crippen molar-refractivity contribution in [3.05, 3.63) is 76.5 Å². The van der Waals surface area contributed by atoms with Gasteiger partial charge in [0.2, 0.25) is 0 Å². The number of piperidine rings is 1. The van der Waals surface area contributed by atoms with Crippen LogP contribution in [0.25, 0.3) is 22.6 Å². The minimum Gasteiger partial charge on any atom is -0.339 e. The number of rotatable bonds is 4.